The Morgan fingerprint density at radius 2 is 1.57 bits per heavy atom. The third kappa shape index (κ3) is 3.00. The highest BCUT2D eigenvalue weighted by Crippen LogP contribution is 2.21. The van der Waals surface area contributed by atoms with E-state index in [1.165, 1.54) is 6.08 Å². The van der Waals surface area contributed by atoms with E-state index in [9.17, 15) is 14.4 Å². The number of hydrogen-bond acceptors (Lipinski definition) is 3. The first kappa shape index (κ1) is 15.0. The Bertz CT molecular complexity index is 813. The second-order valence-electron chi connectivity index (χ2n) is 4.84. The molecule has 4 amide bonds. The molecule has 1 heterocycles. The second kappa shape index (κ2) is 6.06. The number of hydrogen-bond donors (Lipinski definition) is 1. The molecule has 0 unspecified atom stereocenters. The van der Waals surface area contributed by atoms with Crippen molar-refractivity contribution >= 4 is 41.2 Å². The second-order valence-corrected chi connectivity index (χ2v) is 5.28. The van der Waals surface area contributed by atoms with E-state index >= 15 is 0 Å². The molecule has 1 aliphatic heterocycles. The van der Waals surface area contributed by atoms with Crippen molar-refractivity contribution in [1.29, 1.82) is 0 Å². The molecule has 0 aromatic heterocycles. The van der Waals surface area contributed by atoms with Crippen molar-refractivity contribution in [3.8, 4) is 0 Å². The SMILES string of the molecule is O=C1NC(=O)N(c2ccccc2)C(=O)/C1=C\c1ccc(Cl)cc1. The molecule has 0 aliphatic carbocycles. The van der Waals surface area contributed by atoms with Crippen LogP contribution >= 0.6 is 11.6 Å². The summed E-state index contributed by atoms with van der Waals surface area (Å²) in [7, 11) is 0. The molecule has 5 nitrogen and oxygen atoms in total. The number of anilines is 1. The zero-order valence-corrected chi connectivity index (χ0v) is 12.6. The molecule has 1 N–H and O–H groups in total. The lowest BCUT2D eigenvalue weighted by Gasteiger charge is -2.26. The van der Waals surface area contributed by atoms with E-state index in [2.05, 4.69) is 5.32 Å². The molecule has 3 rings (SSSR count). The summed E-state index contributed by atoms with van der Waals surface area (Å²) in [6.07, 6.45) is 1.43. The predicted octanol–water partition coefficient (Wildman–Crippen LogP) is 3.01. The van der Waals surface area contributed by atoms with Gasteiger partial charge in [0.1, 0.15) is 5.57 Å². The number of nitrogens with zero attached hydrogens (tertiary/aromatic N) is 1. The Morgan fingerprint density at radius 3 is 2.22 bits per heavy atom. The summed E-state index contributed by atoms with van der Waals surface area (Å²) in [5, 5.41) is 2.72. The maximum atomic E-state index is 12.6. The molecule has 0 saturated carbocycles. The van der Waals surface area contributed by atoms with Gasteiger partial charge in [-0.3, -0.25) is 14.9 Å². The lowest BCUT2D eigenvalue weighted by Crippen LogP contribution is -2.54. The number of carbonyl (C=O) groups is 3. The number of barbiturate groups is 1. The molecule has 2 aromatic rings. The van der Waals surface area contributed by atoms with Crippen molar-refractivity contribution in [2.75, 3.05) is 4.90 Å². The number of imide groups is 2. The van der Waals surface area contributed by atoms with Crippen molar-refractivity contribution in [2.24, 2.45) is 0 Å². The minimum atomic E-state index is -0.764. The first-order valence-electron chi connectivity index (χ1n) is 6.78. The molecular weight excluding hydrogens is 316 g/mol. The average molecular weight is 327 g/mol. The summed E-state index contributed by atoms with van der Waals surface area (Å²) in [4.78, 5) is 37.5. The highest BCUT2D eigenvalue weighted by Gasteiger charge is 2.36. The van der Waals surface area contributed by atoms with Gasteiger partial charge >= 0.3 is 6.03 Å². The Kier molecular flexibility index (Phi) is 3.95. The normalized spacial score (nSPS) is 16.7. The summed E-state index contributed by atoms with van der Waals surface area (Å²) in [6.45, 7) is 0. The van der Waals surface area contributed by atoms with Crippen LogP contribution in [0.15, 0.2) is 60.2 Å². The van der Waals surface area contributed by atoms with Gasteiger partial charge in [0, 0.05) is 5.02 Å². The third-order valence-electron chi connectivity index (χ3n) is 3.30. The van der Waals surface area contributed by atoms with E-state index in [1.54, 1.807) is 54.6 Å². The highest BCUT2D eigenvalue weighted by molar-refractivity contribution is 6.39. The molecule has 2 aromatic carbocycles. The summed E-state index contributed by atoms with van der Waals surface area (Å²) in [5.41, 5.74) is 0.913. The maximum Gasteiger partial charge on any atom is 0.335 e. The van der Waals surface area contributed by atoms with Crippen LogP contribution in [0, 0.1) is 0 Å². The minimum absolute atomic E-state index is 0.115. The number of rotatable bonds is 2. The average Bonchev–Trinajstić information content (AvgIpc) is 2.54. The molecular formula is C17H11ClN2O3. The summed E-state index contributed by atoms with van der Waals surface area (Å²) in [6, 6.07) is 14.3. The Labute approximate surface area is 137 Å². The Balaban J connectivity index is 2.00. The van der Waals surface area contributed by atoms with E-state index in [0.29, 0.717) is 16.3 Å². The van der Waals surface area contributed by atoms with Gasteiger partial charge in [-0.2, -0.15) is 0 Å². The van der Waals surface area contributed by atoms with Crippen LogP contribution in [0.5, 0.6) is 0 Å². The molecule has 114 valence electrons. The van der Waals surface area contributed by atoms with Crippen LogP contribution in [0.1, 0.15) is 5.56 Å². The number of halogens is 1. The summed E-state index contributed by atoms with van der Waals surface area (Å²) >= 11 is 5.81. The summed E-state index contributed by atoms with van der Waals surface area (Å²) < 4.78 is 0. The van der Waals surface area contributed by atoms with Crippen molar-refractivity contribution < 1.29 is 14.4 Å². The Hall–Kier alpha value is -2.92. The zero-order chi connectivity index (χ0) is 16.4. The quantitative estimate of drug-likeness (QED) is 0.681. The van der Waals surface area contributed by atoms with E-state index in [4.69, 9.17) is 11.6 Å². The van der Waals surface area contributed by atoms with Gasteiger partial charge in [0.15, 0.2) is 0 Å². The van der Waals surface area contributed by atoms with E-state index in [1.807, 2.05) is 0 Å². The monoisotopic (exact) mass is 326 g/mol. The van der Waals surface area contributed by atoms with Gasteiger partial charge in [-0.25, -0.2) is 9.69 Å². The molecule has 1 fully saturated rings. The van der Waals surface area contributed by atoms with Crippen LogP contribution in [0.3, 0.4) is 0 Å². The van der Waals surface area contributed by atoms with Crippen LogP contribution in [0.4, 0.5) is 10.5 Å². The molecule has 0 atom stereocenters. The first-order chi connectivity index (χ1) is 11.1. The molecule has 1 aliphatic rings. The van der Waals surface area contributed by atoms with Crippen LogP contribution in [0.25, 0.3) is 6.08 Å². The number of carbonyl (C=O) groups excluding carboxylic acids is 3. The molecule has 0 spiro atoms. The van der Waals surface area contributed by atoms with Gasteiger partial charge in [0.2, 0.25) is 0 Å². The number of amides is 4. The van der Waals surface area contributed by atoms with Gasteiger partial charge in [-0.1, -0.05) is 41.9 Å². The standard InChI is InChI=1S/C17H11ClN2O3/c18-12-8-6-11(7-9-12)10-14-15(21)19-17(23)20(16(14)22)13-4-2-1-3-5-13/h1-10H,(H,19,21,23)/b14-10-. The number of urea groups is 1. The smallest absolute Gasteiger partial charge is 0.273 e. The molecule has 0 radical (unpaired) electrons. The fourth-order valence-electron chi connectivity index (χ4n) is 2.19. The molecule has 6 heteroatoms. The largest absolute Gasteiger partial charge is 0.335 e. The fourth-order valence-corrected chi connectivity index (χ4v) is 2.32. The Morgan fingerprint density at radius 1 is 0.913 bits per heavy atom. The predicted molar refractivity (Wildman–Crippen MR) is 86.9 cm³/mol. The zero-order valence-electron chi connectivity index (χ0n) is 11.8. The van der Waals surface area contributed by atoms with Gasteiger partial charge in [0.25, 0.3) is 11.8 Å². The van der Waals surface area contributed by atoms with E-state index < -0.39 is 17.8 Å². The lowest BCUT2D eigenvalue weighted by atomic mass is 10.1. The van der Waals surface area contributed by atoms with Gasteiger partial charge in [-0.05, 0) is 35.9 Å². The van der Waals surface area contributed by atoms with Crippen LogP contribution in [-0.4, -0.2) is 17.8 Å². The van der Waals surface area contributed by atoms with Crippen molar-refractivity contribution in [3.05, 3.63) is 70.8 Å². The molecule has 23 heavy (non-hydrogen) atoms. The topological polar surface area (TPSA) is 66.5 Å². The molecule has 0 bridgehead atoms. The number of benzene rings is 2. The number of nitrogens with one attached hydrogen (secondary N) is 1. The lowest BCUT2D eigenvalue weighted by molar-refractivity contribution is -0.122. The minimum Gasteiger partial charge on any atom is -0.273 e. The van der Waals surface area contributed by atoms with Gasteiger partial charge in [-0.15, -0.1) is 0 Å². The fraction of sp³-hybridized carbons (Fsp3) is 0. The van der Waals surface area contributed by atoms with Crippen molar-refractivity contribution in [1.82, 2.24) is 5.32 Å². The van der Waals surface area contributed by atoms with Gasteiger partial charge < -0.3 is 0 Å². The maximum absolute atomic E-state index is 12.6. The van der Waals surface area contributed by atoms with Crippen LogP contribution < -0.4 is 10.2 Å². The van der Waals surface area contributed by atoms with Crippen LogP contribution in [0.2, 0.25) is 5.02 Å². The van der Waals surface area contributed by atoms with Crippen molar-refractivity contribution in [2.45, 2.75) is 0 Å². The third-order valence-corrected chi connectivity index (χ3v) is 3.55. The summed E-state index contributed by atoms with van der Waals surface area (Å²) in [5.74, 6) is -1.39. The highest BCUT2D eigenvalue weighted by atomic mass is 35.5. The number of para-hydroxylation sites is 1. The van der Waals surface area contributed by atoms with Crippen LogP contribution in [-0.2, 0) is 9.59 Å². The molecule has 1 saturated heterocycles. The first-order valence-corrected chi connectivity index (χ1v) is 7.16. The van der Waals surface area contributed by atoms with E-state index in [0.717, 1.165) is 4.90 Å². The van der Waals surface area contributed by atoms with Crippen molar-refractivity contribution in [3.63, 3.8) is 0 Å². The van der Waals surface area contributed by atoms with E-state index in [-0.39, 0.29) is 5.57 Å². The van der Waals surface area contributed by atoms with Gasteiger partial charge in [0.05, 0.1) is 5.69 Å².